The Balaban J connectivity index is 1.78. The van der Waals surface area contributed by atoms with Gasteiger partial charge in [-0.1, -0.05) is 25.5 Å². The fourth-order valence-corrected chi connectivity index (χ4v) is 2.29. The first kappa shape index (κ1) is 17.4. The molecule has 6 heteroatoms. The van der Waals surface area contributed by atoms with E-state index in [-0.39, 0.29) is 11.8 Å². The molecule has 1 aromatic rings. The highest BCUT2D eigenvalue weighted by Crippen LogP contribution is 2.05. The van der Waals surface area contributed by atoms with Gasteiger partial charge >= 0.3 is 0 Å². The standard InChI is InChI=1S/C17H25N3O3/c1-2-3-8-19-16(21)14-6-4-13(5-7-14)11-20-17(22)15-12-18-9-10-23-15/h4-7,15,18H,2-3,8-12H2,1H3,(H,19,21)(H,20,22). The number of rotatable bonds is 7. The summed E-state index contributed by atoms with van der Waals surface area (Å²) in [7, 11) is 0. The highest BCUT2D eigenvalue weighted by Gasteiger charge is 2.21. The second-order valence-corrected chi connectivity index (χ2v) is 5.59. The Hall–Kier alpha value is -1.92. The number of nitrogens with one attached hydrogen (secondary N) is 3. The molecule has 3 N–H and O–H groups in total. The van der Waals surface area contributed by atoms with Gasteiger partial charge in [-0.05, 0) is 24.1 Å². The Kier molecular flexibility index (Phi) is 7.03. The van der Waals surface area contributed by atoms with E-state index in [1.807, 2.05) is 12.1 Å². The van der Waals surface area contributed by atoms with E-state index in [9.17, 15) is 9.59 Å². The fourth-order valence-electron chi connectivity index (χ4n) is 2.29. The second-order valence-electron chi connectivity index (χ2n) is 5.59. The summed E-state index contributed by atoms with van der Waals surface area (Å²) >= 11 is 0. The molecule has 1 atom stereocenters. The van der Waals surface area contributed by atoms with Crippen LogP contribution in [-0.2, 0) is 16.1 Å². The lowest BCUT2D eigenvalue weighted by Crippen LogP contribution is -2.47. The van der Waals surface area contributed by atoms with Gasteiger partial charge in [0.05, 0.1) is 6.61 Å². The lowest BCUT2D eigenvalue weighted by molar-refractivity contribution is -0.134. The summed E-state index contributed by atoms with van der Waals surface area (Å²) in [5.74, 6) is -0.172. The minimum Gasteiger partial charge on any atom is -0.366 e. The molecule has 1 heterocycles. The van der Waals surface area contributed by atoms with E-state index in [0.717, 1.165) is 24.9 Å². The molecule has 0 aromatic heterocycles. The Morgan fingerprint density at radius 3 is 2.70 bits per heavy atom. The van der Waals surface area contributed by atoms with Crippen molar-refractivity contribution in [1.82, 2.24) is 16.0 Å². The third kappa shape index (κ3) is 5.65. The zero-order valence-electron chi connectivity index (χ0n) is 13.6. The van der Waals surface area contributed by atoms with Crippen LogP contribution < -0.4 is 16.0 Å². The van der Waals surface area contributed by atoms with Crippen LogP contribution in [0.2, 0.25) is 0 Å². The predicted molar refractivity (Wildman–Crippen MR) is 88.1 cm³/mol. The van der Waals surface area contributed by atoms with Gasteiger partial charge in [-0.15, -0.1) is 0 Å². The summed E-state index contributed by atoms with van der Waals surface area (Å²) < 4.78 is 5.40. The third-order valence-electron chi connectivity index (χ3n) is 3.72. The van der Waals surface area contributed by atoms with Crippen molar-refractivity contribution < 1.29 is 14.3 Å². The van der Waals surface area contributed by atoms with Crippen LogP contribution in [0.5, 0.6) is 0 Å². The molecule has 1 aliphatic rings. The maximum atomic E-state index is 12.0. The van der Waals surface area contributed by atoms with Crippen molar-refractivity contribution in [2.45, 2.75) is 32.4 Å². The maximum Gasteiger partial charge on any atom is 0.251 e. The average molecular weight is 319 g/mol. The van der Waals surface area contributed by atoms with E-state index in [2.05, 4.69) is 22.9 Å². The molecule has 2 rings (SSSR count). The summed E-state index contributed by atoms with van der Waals surface area (Å²) in [6.45, 7) is 5.09. The minimum atomic E-state index is -0.424. The lowest BCUT2D eigenvalue weighted by Gasteiger charge is -2.22. The van der Waals surface area contributed by atoms with Crippen LogP contribution in [0, 0.1) is 0 Å². The fraction of sp³-hybridized carbons (Fsp3) is 0.529. The summed E-state index contributed by atoms with van der Waals surface area (Å²) in [5, 5.41) is 8.86. The van der Waals surface area contributed by atoms with Gasteiger partial charge in [0.1, 0.15) is 6.10 Å². The number of amides is 2. The zero-order chi connectivity index (χ0) is 16.5. The van der Waals surface area contributed by atoms with Crippen molar-refractivity contribution in [2.75, 3.05) is 26.2 Å². The molecule has 1 fully saturated rings. The number of carbonyl (C=O) groups excluding carboxylic acids is 2. The SMILES string of the molecule is CCCCNC(=O)c1ccc(CNC(=O)C2CNCCO2)cc1. The number of carbonyl (C=O) groups is 2. The molecule has 1 saturated heterocycles. The van der Waals surface area contributed by atoms with E-state index in [1.54, 1.807) is 12.1 Å². The normalized spacial score (nSPS) is 17.5. The maximum absolute atomic E-state index is 12.0. The number of unbranched alkanes of at least 4 members (excludes halogenated alkanes) is 1. The number of benzene rings is 1. The summed E-state index contributed by atoms with van der Waals surface area (Å²) in [4.78, 5) is 23.9. The van der Waals surface area contributed by atoms with Crippen molar-refractivity contribution in [3.05, 3.63) is 35.4 Å². The molecule has 0 saturated carbocycles. The van der Waals surface area contributed by atoms with Crippen molar-refractivity contribution >= 4 is 11.8 Å². The molecule has 23 heavy (non-hydrogen) atoms. The summed E-state index contributed by atoms with van der Waals surface area (Å²) in [6.07, 6.45) is 1.61. The van der Waals surface area contributed by atoms with Crippen LogP contribution in [0.15, 0.2) is 24.3 Å². The molecular weight excluding hydrogens is 294 g/mol. The third-order valence-corrected chi connectivity index (χ3v) is 3.72. The van der Waals surface area contributed by atoms with Gasteiger partial charge in [0, 0.05) is 31.7 Å². The van der Waals surface area contributed by atoms with Crippen LogP contribution >= 0.6 is 0 Å². The van der Waals surface area contributed by atoms with Gasteiger partial charge in [0.2, 0.25) is 0 Å². The van der Waals surface area contributed by atoms with Crippen LogP contribution in [0.3, 0.4) is 0 Å². The summed E-state index contributed by atoms with van der Waals surface area (Å²) in [6, 6.07) is 7.27. The number of ether oxygens (including phenoxy) is 1. The van der Waals surface area contributed by atoms with Gasteiger partial charge in [-0.25, -0.2) is 0 Å². The van der Waals surface area contributed by atoms with Crippen LogP contribution in [-0.4, -0.2) is 44.2 Å². The number of hydrogen-bond donors (Lipinski definition) is 3. The van der Waals surface area contributed by atoms with Gasteiger partial charge in [0.15, 0.2) is 0 Å². The Morgan fingerprint density at radius 2 is 2.04 bits per heavy atom. The summed E-state index contributed by atoms with van der Waals surface area (Å²) in [5.41, 5.74) is 1.59. The highest BCUT2D eigenvalue weighted by atomic mass is 16.5. The smallest absolute Gasteiger partial charge is 0.251 e. The molecule has 1 unspecified atom stereocenters. The molecule has 2 amide bonds. The molecule has 0 aliphatic carbocycles. The van der Waals surface area contributed by atoms with Gasteiger partial charge in [0.25, 0.3) is 11.8 Å². The zero-order valence-corrected chi connectivity index (χ0v) is 13.6. The van der Waals surface area contributed by atoms with Gasteiger partial charge in [-0.2, -0.15) is 0 Å². The lowest BCUT2D eigenvalue weighted by atomic mass is 10.1. The molecule has 6 nitrogen and oxygen atoms in total. The molecule has 0 radical (unpaired) electrons. The van der Waals surface area contributed by atoms with E-state index in [0.29, 0.717) is 31.8 Å². The molecule has 1 aromatic carbocycles. The first-order valence-corrected chi connectivity index (χ1v) is 8.18. The van der Waals surface area contributed by atoms with E-state index in [1.165, 1.54) is 0 Å². The quantitative estimate of drug-likeness (QED) is 0.650. The predicted octanol–water partition coefficient (Wildman–Crippen LogP) is 0.821. The molecular formula is C17H25N3O3. The monoisotopic (exact) mass is 319 g/mol. The molecule has 126 valence electrons. The Labute approximate surface area is 137 Å². The first-order chi connectivity index (χ1) is 11.2. The van der Waals surface area contributed by atoms with Crippen LogP contribution in [0.1, 0.15) is 35.7 Å². The highest BCUT2D eigenvalue weighted by molar-refractivity contribution is 5.94. The molecule has 0 spiro atoms. The van der Waals surface area contributed by atoms with E-state index >= 15 is 0 Å². The first-order valence-electron chi connectivity index (χ1n) is 8.18. The van der Waals surface area contributed by atoms with Crippen LogP contribution in [0.4, 0.5) is 0 Å². The van der Waals surface area contributed by atoms with E-state index < -0.39 is 6.10 Å². The van der Waals surface area contributed by atoms with Gasteiger partial charge in [-0.3, -0.25) is 9.59 Å². The van der Waals surface area contributed by atoms with Crippen LogP contribution in [0.25, 0.3) is 0 Å². The number of hydrogen-bond acceptors (Lipinski definition) is 4. The number of morpholine rings is 1. The van der Waals surface area contributed by atoms with Gasteiger partial charge < -0.3 is 20.7 Å². The topological polar surface area (TPSA) is 79.5 Å². The van der Waals surface area contributed by atoms with E-state index in [4.69, 9.17) is 4.74 Å². The largest absolute Gasteiger partial charge is 0.366 e. The van der Waals surface area contributed by atoms with Crippen molar-refractivity contribution in [2.24, 2.45) is 0 Å². The molecule has 0 bridgehead atoms. The average Bonchev–Trinajstić information content (AvgIpc) is 2.61. The van der Waals surface area contributed by atoms with Crippen molar-refractivity contribution in [3.63, 3.8) is 0 Å². The van der Waals surface area contributed by atoms with Crippen molar-refractivity contribution in [1.29, 1.82) is 0 Å². The Bertz CT molecular complexity index is 510. The van der Waals surface area contributed by atoms with Crippen molar-refractivity contribution in [3.8, 4) is 0 Å². The minimum absolute atomic E-state index is 0.0595. The second kappa shape index (κ2) is 9.27. The molecule has 1 aliphatic heterocycles. The Morgan fingerprint density at radius 1 is 1.26 bits per heavy atom.